The lowest BCUT2D eigenvalue weighted by molar-refractivity contribution is 0.0467. The molecule has 2 heterocycles. The van der Waals surface area contributed by atoms with Gasteiger partial charge in [0, 0.05) is 22.8 Å². The van der Waals surface area contributed by atoms with Crippen molar-refractivity contribution in [3.8, 4) is 0 Å². The number of fused-ring (bicyclic) bond motifs is 1. The van der Waals surface area contributed by atoms with Gasteiger partial charge in [0.2, 0.25) is 0 Å². The van der Waals surface area contributed by atoms with Crippen molar-refractivity contribution >= 4 is 22.8 Å². The summed E-state index contributed by atoms with van der Waals surface area (Å²) in [6.07, 6.45) is 2.28. The maximum atomic E-state index is 12.5. The number of rotatable bonds is 5. The molecule has 0 aliphatic carbocycles. The van der Waals surface area contributed by atoms with E-state index in [4.69, 9.17) is 9.47 Å². The third-order valence-electron chi connectivity index (χ3n) is 4.35. The summed E-state index contributed by atoms with van der Waals surface area (Å²) in [5.41, 5.74) is 3.49. The predicted molar refractivity (Wildman–Crippen MR) is 97.1 cm³/mol. The molecule has 3 rings (SSSR count). The van der Waals surface area contributed by atoms with Crippen molar-refractivity contribution < 1.29 is 19.1 Å². The van der Waals surface area contributed by atoms with E-state index in [1.165, 1.54) is 7.11 Å². The van der Waals surface area contributed by atoms with Crippen LogP contribution in [0.2, 0.25) is 0 Å². The predicted octanol–water partition coefficient (Wildman–Crippen LogP) is 3.58. The van der Waals surface area contributed by atoms with Gasteiger partial charge in [-0.05, 0) is 25.0 Å². The Morgan fingerprint density at radius 3 is 2.65 bits per heavy atom. The van der Waals surface area contributed by atoms with E-state index in [1.807, 2.05) is 37.3 Å². The number of nitrogens with zero attached hydrogens (tertiary/aromatic N) is 1. The molecule has 1 aromatic carbocycles. The first-order valence-corrected chi connectivity index (χ1v) is 8.36. The highest BCUT2D eigenvalue weighted by Gasteiger charge is 2.24. The van der Waals surface area contributed by atoms with Gasteiger partial charge in [0.15, 0.2) is 0 Å². The fraction of sp³-hybridized carbons (Fsp3) is 0.250. The van der Waals surface area contributed by atoms with Crippen LogP contribution in [0.25, 0.3) is 10.9 Å². The van der Waals surface area contributed by atoms with E-state index in [2.05, 4.69) is 9.97 Å². The summed E-state index contributed by atoms with van der Waals surface area (Å²) < 4.78 is 10.3. The van der Waals surface area contributed by atoms with E-state index in [0.29, 0.717) is 23.2 Å². The minimum Gasteiger partial charge on any atom is -0.465 e. The lowest BCUT2D eigenvalue weighted by Gasteiger charge is -2.07. The molecule has 134 valence electrons. The monoisotopic (exact) mass is 352 g/mol. The Kier molecular flexibility index (Phi) is 5.02. The number of hydrogen-bond acceptors (Lipinski definition) is 5. The number of aromatic nitrogens is 2. The SMILES string of the molecule is CCc1[nH]c(C(=O)OCc2cccc3cccnc23)c(C)c1C(=O)OC. The minimum atomic E-state index is -0.514. The number of ether oxygens (including phenoxy) is 2. The molecule has 0 bridgehead atoms. The number of carbonyl (C=O) groups excluding carboxylic acids is 2. The Hall–Kier alpha value is -3.15. The van der Waals surface area contributed by atoms with Crippen LogP contribution >= 0.6 is 0 Å². The molecule has 26 heavy (non-hydrogen) atoms. The summed E-state index contributed by atoms with van der Waals surface area (Å²) >= 11 is 0. The molecular formula is C20H20N2O4. The molecule has 0 fully saturated rings. The fourth-order valence-corrected chi connectivity index (χ4v) is 3.01. The molecule has 3 aromatic rings. The highest BCUT2D eigenvalue weighted by molar-refractivity contribution is 5.98. The molecule has 0 amide bonds. The van der Waals surface area contributed by atoms with E-state index < -0.39 is 11.9 Å². The van der Waals surface area contributed by atoms with Gasteiger partial charge in [-0.2, -0.15) is 0 Å². The van der Waals surface area contributed by atoms with Crippen LogP contribution in [0.15, 0.2) is 36.5 Å². The normalized spacial score (nSPS) is 10.7. The van der Waals surface area contributed by atoms with Crippen molar-refractivity contribution in [1.29, 1.82) is 0 Å². The van der Waals surface area contributed by atoms with E-state index >= 15 is 0 Å². The van der Waals surface area contributed by atoms with Gasteiger partial charge in [-0.25, -0.2) is 9.59 Å². The van der Waals surface area contributed by atoms with Gasteiger partial charge in [0.1, 0.15) is 12.3 Å². The largest absolute Gasteiger partial charge is 0.465 e. The fourth-order valence-electron chi connectivity index (χ4n) is 3.01. The van der Waals surface area contributed by atoms with Crippen molar-refractivity contribution in [3.63, 3.8) is 0 Å². The number of benzene rings is 1. The molecule has 2 aromatic heterocycles. The van der Waals surface area contributed by atoms with Crippen molar-refractivity contribution in [2.75, 3.05) is 7.11 Å². The molecule has 0 atom stereocenters. The highest BCUT2D eigenvalue weighted by atomic mass is 16.5. The topological polar surface area (TPSA) is 81.3 Å². The number of hydrogen-bond donors (Lipinski definition) is 1. The number of methoxy groups -OCH3 is 1. The van der Waals surface area contributed by atoms with Crippen LogP contribution in [-0.4, -0.2) is 29.0 Å². The molecule has 0 unspecified atom stereocenters. The van der Waals surface area contributed by atoms with Crippen LogP contribution in [0.3, 0.4) is 0 Å². The summed E-state index contributed by atoms with van der Waals surface area (Å²) in [6.45, 7) is 3.70. The zero-order valence-electron chi connectivity index (χ0n) is 15.0. The third-order valence-corrected chi connectivity index (χ3v) is 4.35. The highest BCUT2D eigenvalue weighted by Crippen LogP contribution is 2.22. The molecule has 0 radical (unpaired) electrons. The molecule has 6 heteroatoms. The average molecular weight is 352 g/mol. The smallest absolute Gasteiger partial charge is 0.355 e. The number of nitrogens with one attached hydrogen (secondary N) is 1. The molecule has 6 nitrogen and oxygen atoms in total. The Bertz CT molecular complexity index is 970. The summed E-state index contributed by atoms with van der Waals surface area (Å²) in [5, 5.41) is 0.985. The van der Waals surface area contributed by atoms with Gasteiger partial charge in [0.05, 0.1) is 18.2 Å². The number of carbonyl (C=O) groups is 2. The van der Waals surface area contributed by atoms with Crippen molar-refractivity contribution in [1.82, 2.24) is 9.97 Å². The molecule has 0 spiro atoms. The lowest BCUT2D eigenvalue weighted by Crippen LogP contribution is -2.09. The van der Waals surface area contributed by atoms with E-state index in [-0.39, 0.29) is 12.3 Å². The quantitative estimate of drug-likeness (QED) is 0.710. The lowest BCUT2D eigenvalue weighted by atomic mass is 10.1. The number of H-pyrrole nitrogens is 1. The zero-order chi connectivity index (χ0) is 18.7. The average Bonchev–Trinajstić information content (AvgIpc) is 3.02. The minimum absolute atomic E-state index is 0.0979. The van der Waals surface area contributed by atoms with Crippen LogP contribution in [0, 0.1) is 6.92 Å². The molecular weight excluding hydrogens is 332 g/mol. The zero-order valence-corrected chi connectivity index (χ0v) is 15.0. The van der Waals surface area contributed by atoms with Gasteiger partial charge in [0.25, 0.3) is 0 Å². The van der Waals surface area contributed by atoms with Crippen LogP contribution < -0.4 is 0 Å². The Morgan fingerprint density at radius 1 is 1.15 bits per heavy atom. The van der Waals surface area contributed by atoms with Crippen LogP contribution in [-0.2, 0) is 22.5 Å². The Morgan fingerprint density at radius 2 is 1.92 bits per heavy atom. The second-order valence-corrected chi connectivity index (χ2v) is 5.89. The van der Waals surface area contributed by atoms with Gasteiger partial charge in [-0.3, -0.25) is 4.98 Å². The van der Waals surface area contributed by atoms with E-state index in [1.54, 1.807) is 13.1 Å². The van der Waals surface area contributed by atoms with E-state index in [0.717, 1.165) is 16.5 Å². The summed E-state index contributed by atoms with van der Waals surface area (Å²) in [5.74, 6) is -0.979. The molecule has 1 N–H and O–H groups in total. The second kappa shape index (κ2) is 7.39. The Balaban J connectivity index is 1.84. The summed E-state index contributed by atoms with van der Waals surface area (Å²) in [6, 6.07) is 9.55. The first-order chi connectivity index (χ1) is 12.6. The van der Waals surface area contributed by atoms with Crippen LogP contribution in [0.5, 0.6) is 0 Å². The van der Waals surface area contributed by atoms with Crippen molar-refractivity contribution in [2.24, 2.45) is 0 Å². The maximum Gasteiger partial charge on any atom is 0.355 e. The second-order valence-electron chi connectivity index (χ2n) is 5.89. The molecule has 0 aliphatic heterocycles. The van der Waals surface area contributed by atoms with Gasteiger partial charge in [-0.1, -0.05) is 31.2 Å². The number of aryl methyl sites for hydroxylation is 1. The molecule has 0 saturated heterocycles. The van der Waals surface area contributed by atoms with Crippen molar-refractivity contribution in [2.45, 2.75) is 26.9 Å². The van der Waals surface area contributed by atoms with E-state index in [9.17, 15) is 9.59 Å². The standard InChI is InChI=1S/C20H20N2O4/c1-4-15-16(19(23)25-3)12(2)17(22-15)20(24)26-11-14-8-5-7-13-9-6-10-21-18(13)14/h5-10,22H,4,11H2,1-3H3. The molecule has 0 saturated carbocycles. The number of aromatic amines is 1. The van der Waals surface area contributed by atoms with Crippen LogP contribution in [0.4, 0.5) is 0 Å². The van der Waals surface area contributed by atoms with Crippen molar-refractivity contribution in [3.05, 3.63) is 64.6 Å². The van der Waals surface area contributed by atoms with Gasteiger partial charge < -0.3 is 14.5 Å². The van der Waals surface area contributed by atoms with Crippen LogP contribution in [0.1, 0.15) is 44.6 Å². The number of esters is 2. The summed E-state index contributed by atoms with van der Waals surface area (Å²) in [7, 11) is 1.32. The first kappa shape index (κ1) is 17.7. The number of para-hydroxylation sites is 1. The maximum absolute atomic E-state index is 12.5. The Labute approximate surface area is 151 Å². The van der Waals surface area contributed by atoms with Gasteiger partial charge >= 0.3 is 11.9 Å². The summed E-state index contributed by atoms with van der Waals surface area (Å²) in [4.78, 5) is 31.9. The number of pyridine rings is 1. The molecule has 0 aliphatic rings. The third kappa shape index (κ3) is 3.18. The first-order valence-electron chi connectivity index (χ1n) is 8.36. The van der Waals surface area contributed by atoms with Gasteiger partial charge in [-0.15, -0.1) is 0 Å².